The van der Waals surface area contributed by atoms with E-state index < -0.39 is 0 Å². The molecule has 0 saturated carbocycles. The molecule has 0 unspecified atom stereocenters. The van der Waals surface area contributed by atoms with Gasteiger partial charge in [0.25, 0.3) is 0 Å². The quantitative estimate of drug-likeness (QED) is 0.192. The summed E-state index contributed by atoms with van der Waals surface area (Å²) in [4.78, 5) is 0. The molecule has 0 amide bonds. The Morgan fingerprint density at radius 2 is 1.30 bits per heavy atom. The van der Waals surface area contributed by atoms with Crippen molar-refractivity contribution in [3.63, 3.8) is 0 Å². The van der Waals surface area contributed by atoms with Crippen LogP contribution in [0.4, 0.5) is 0 Å². The molecule has 5 heteroatoms. The summed E-state index contributed by atoms with van der Waals surface area (Å²) in [5.41, 5.74) is 3.37. The Labute approximate surface area is 186 Å². The summed E-state index contributed by atoms with van der Waals surface area (Å²) < 4.78 is 5.46. The minimum Gasteiger partial charge on any atom is -0.309 e. The van der Waals surface area contributed by atoms with Gasteiger partial charge in [-0.3, -0.25) is 0 Å². The normalized spacial score (nSPS) is 11.7. The van der Waals surface area contributed by atoms with Crippen molar-refractivity contribution < 1.29 is 0 Å². The number of halogens is 4. The maximum Gasteiger partial charge on any atom is 0.0555 e. The van der Waals surface area contributed by atoms with Gasteiger partial charge >= 0.3 is 0 Å². The first-order valence-electron chi connectivity index (χ1n) is 8.31. The Bertz CT molecular complexity index is 1310. The number of fused-ring (bicyclic) bond motifs is 4. The van der Waals surface area contributed by atoms with Crippen LogP contribution in [0.1, 0.15) is 0 Å². The number of rotatable bonds is 1. The molecule has 0 aliphatic rings. The molecule has 0 aliphatic carbocycles. The van der Waals surface area contributed by atoms with Crippen LogP contribution in [-0.4, -0.2) is 4.57 Å². The molecule has 5 rings (SSSR count). The second-order valence-corrected chi connectivity index (χ2v) is 9.48. The standard InChI is InChI=1S/C22H11Br3ClN/c23-12-4-8-19-15(10-12)16-11-13(24)5-9-20(16)27(19)21-3-1-2-14-17(25)6-7-18(26)22(14)21/h1-11H. The van der Waals surface area contributed by atoms with E-state index in [2.05, 4.69) is 107 Å². The fourth-order valence-electron chi connectivity index (χ4n) is 3.72. The fourth-order valence-corrected chi connectivity index (χ4v) is 5.17. The van der Waals surface area contributed by atoms with Crippen molar-refractivity contribution >= 4 is 92.0 Å². The Balaban J connectivity index is 2.03. The Kier molecular flexibility index (Phi) is 4.36. The molecule has 0 aliphatic heterocycles. The fraction of sp³-hybridized carbons (Fsp3) is 0. The molecule has 1 nitrogen and oxygen atoms in total. The molecule has 27 heavy (non-hydrogen) atoms. The van der Waals surface area contributed by atoms with E-state index >= 15 is 0 Å². The zero-order valence-electron chi connectivity index (χ0n) is 13.8. The Hall–Kier alpha value is -1.33. The van der Waals surface area contributed by atoms with E-state index in [1.54, 1.807) is 0 Å². The third kappa shape index (κ3) is 2.77. The first kappa shape index (κ1) is 17.7. The third-order valence-corrected chi connectivity index (χ3v) is 6.84. The maximum atomic E-state index is 6.65. The smallest absolute Gasteiger partial charge is 0.0555 e. The number of hydrogen-bond acceptors (Lipinski definition) is 0. The molecule has 0 atom stereocenters. The number of hydrogen-bond donors (Lipinski definition) is 0. The first-order chi connectivity index (χ1) is 13.0. The van der Waals surface area contributed by atoms with Crippen LogP contribution in [0.3, 0.4) is 0 Å². The van der Waals surface area contributed by atoms with Gasteiger partial charge in [0, 0.05) is 29.6 Å². The van der Waals surface area contributed by atoms with Crippen molar-refractivity contribution in [2.45, 2.75) is 0 Å². The summed E-state index contributed by atoms with van der Waals surface area (Å²) in [7, 11) is 0. The molecule has 1 aromatic heterocycles. The average molecular weight is 565 g/mol. The van der Waals surface area contributed by atoms with Crippen molar-refractivity contribution in [1.82, 2.24) is 4.57 Å². The minimum atomic E-state index is 0.744. The predicted molar refractivity (Wildman–Crippen MR) is 126 cm³/mol. The second kappa shape index (κ2) is 6.63. The average Bonchev–Trinajstić information content (AvgIpc) is 2.97. The molecular weight excluding hydrogens is 553 g/mol. The maximum absolute atomic E-state index is 6.65. The van der Waals surface area contributed by atoms with E-state index in [4.69, 9.17) is 11.6 Å². The van der Waals surface area contributed by atoms with Gasteiger partial charge < -0.3 is 4.57 Å². The molecule has 0 spiro atoms. The largest absolute Gasteiger partial charge is 0.309 e. The molecule has 5 aromatic rings. The molecule has 0 fully saturated rings. The topological polar surface area (TPSA) is 4.93 Å². The lowest BCUT2D eigenvalue weighted by molar-refractivity contribution is 1.20. The zero-order valence-corrected chi connectivity index (χ0v) is 19.3. The van der Waals surface area contributed by atoms with Crippen LogP contribution in [0.15, 0.2) is 80.1 Å². The molecule has 0 N–H and O–H groups in total. The van der Waals surface area contributed by atoms with Gasteiger partial charge in [0.1, 0.15) is 0 Å². The molecule has 132 valence electrons. The van der Waals surface area contributed by atoms with Gasteiger partial charge in [-0.05, 0) is 60.0 Å². The van der Waals surface area contributed by atoms with Crippen molar-refractivity contribution in [3.8, 4) is 5.69 Å². The lowest BCUT2D eigenvalue weighted by Crippen LogP contribution is -1.96. The molecule has 4 aromatic carbocycles. The highest BCUT2D eigenvalue weighted by Crippen LogP contribution is 2.40. The van der Waals surface area contributed by atoms with E-state index in [-0.39, 0.29) is 0 Å². The van der Waals surface area contributed by atoms with Crippen molar-refractivity contribution in [3.05, 3.63) is 85.2 Å². The highest BCUT2D eigenvalue weighted by molar-refractivity contribution is 9.11. The zero-order chi connectivity index (χ0) is 18.7. The van der Waals surface area contributed by atoms with Crippen molar-refractivity contribution in [2.24, 2.45) is 0 Å². The molecular formula is C22H11Br3ClN. The lowest BCUT2D eigenvalue weighted by atomic mass is 10.1. The van der Waals surface area contributed by atoms with Crippen molar-refractivity contribution in [2.75, 3.05) is 0 Å². The summed E-state index contributed by atoms with van der Waals surface area (Å²) in [5.74, 6) is 0. The number of nitrogens with zero attached hydrogens (tertiary/aromatic N) is 1. The minimum absolute atomic E-state index is 0.744. The molecule has 0 radical (unpaired) electrons. The van der Waals surface area contributed by atoms with Gasteiger partial charge in [-0.2, -0.15) is 0 Å². The Morgan fingerprint density at radius 1 is 0.667 bits per heavy atom. The van der Waals surface area contributed by atoms with Gasteiger partial charge in [0.05, 0.1) is 21.7 Å². The van der Waals surface area contributed by atoms with E-state index in [0.717, 1.165) is 45.9 Å². The Morgan fingerprint density at radius 3 is 1.93 bits per heavy atom. The van der Waals surface area contributed by atoms with Crippen LogP contribution >= 0.6 is 59.4 Å². The third-order valence-electron chi connectivity index (χ3n) is 4.84. The second-order valence-electron chi connectivity index (χ2n) is 6.39. The lowest BCUT2D eigenvalue weighted by Gasteiger charge is -2.13. The molecule has 0 saturated heterocycles. The van der Waals surface area contributed by atoms with E-state index in [1.807, 2.05) is 12.1 Å². The van der Waals surface area contributed by atoms with E-state index in [9.17, 15) is 0 Å². The van der Waals surface area contributed by atoms with Gasteiger partial charge in [-0.25, -0.2) is 0 Å². The summed E-state index contributed by atoms with van der Waals surface area (Å²) in [6.45, 7) is 0. The van der Waals surface area contributed by atoms with Crippen LogP contribution in [0, 0.1) is 0 Å². The van der Waals surface area contributed by atoms with Crippen LogP contribution in [-0.2, 0) is 0 Å². The van der Waals surface area contributed by atoms with Crippen LogP contribution in [0.5, 0.6) is 0 Å². The van der Waals surface area contributed by atoms with Gasteiger partial charge in [0.15, 0.2) is 0 Å². The molecule has 0 bridgehead atoms. The number of aromatic nitrogens is 1. The SMILES string of the molecule is Clc1ccc(Br)c2cccc(-n3c4ccc(Br)cc4c4cc(Br)ccc43)c12. The molecule has 1 heterocycles. The predicted octanol–water partition coefficient (Wildman–Crippen LogP) is 8.88. The summed E-state index contributed by atoms with van der Waals surface area (Å²) in [6.07, 6.45) is 0. The first-order valence-corrected chi connectivity index (χ1v) is 11.1. The van der Waals surface area contributed by atoms with Crippen molar-refractivity contribution in [1.29, 1.82) is 0 Å². The highest BCUT2D eigenvalue weighted by Gasteiger charge is 2.16. The highest BCUT2D eigenvalue weighted by atomic mass is 79.9. The van der Waals surface area contributed by atoms with Gasteiger partial charge in [-0.15, -0.1) is 0 Å². The van der Waals surface area contributed by atoms with Gasteiger partial charge in [-0.1, -0.05) is 71.5 Å². The number of benzene rings is 4. The summed E-state index contributed by atoms with van der Waals surface area (Å²) in [6, 6.07) is 23.0. The summed E-state index contributed by atoms with van der Waals surface area (Å²) >= 11 is 17.6. The summed E-state index contributed by atoms with van der Waals surface area (Å²) in [5, 5.41) is 5.28. The van der Waals surface area contributed by atoms with E-state index in [1.165, 1.54) is 10.8 Å². The van der Waals surface area contributed by atoms with Crippen LogP contribution < -0.4 is 0 Å². The van der Waals surface area contributed by atoms with E-state index in [0.29, 0.717) is 0 Å². The van der Waals surface area contributed by atoms with Gasteiger partial charge in [0.2, 0.25) is 0 Å². The van der Waals surface area contributed by atoms with Crippen LogP contribution in [0.2, 0.25) is 5.02 Å². The van der Waals surface area contributed by atoms with Crippen LogP contribution in [0.25, 0.3) is 38.3 Å². The monoisotopic (exact) mass is 561 g/mol.